The summed E-state index contributed by atoms with van der Waals surface area (Å²) in [6.45, 7) is 0. The molecule has 0 saturated carbocycles. The van der Waals surface area contributed by atoms with Crippen molar-refractivity contribution in [3.63, 3.8) is 0 Å². The Morgan fingerprint density at radius 3 is 2.00 bits per heavy atom. The molecule has 0 N–H and O–H groups in total. The number of hydrogen-bond donors (Lipinski definition) is 0. The van der Waals surface area contributed by atoms with Crippen molar-refractivity contribution in [2.24, 2.45) is 0 Å². The first-order chi connectivity index (χ1) is 26.3. The summed E-state index contributed by atoms with van der Waals surface area (Å²) in [6.07, 6.45) is 6.70. The van der Waals surface area contributed by atoms with Crippen LogP contribution < -0.4 is 4.74 Å². The minimum absolute atomic E-state index is 0.593. The summed E-state index contributed by atoms with van der Waals surface area (Å²) >= 11 is 0. The van der Waals surface area contributed by atoms with Gasteiger partial charge in [-0.2, -0.15) is 0 Å². The lowest BCUT2D eigenvalue weighted by atomic mass is 9.63. The fourth-order valence-corrected chi connectivity index (χ4v) is 9.34. The first-order valence-electron chi connectivity index (χ1n) is 18.6. The van der Waals surface area contributed by atoms with E-state index in [0.717, 1.165) is 35.5 Å². The standard InChI is InChI=1S/C51H35NO/c1-4-18-37(19-5-1)51(38-20-6-2-7-21-38)44-26-14-15-27-46(44)53-47-31-29-36(33-45(47)51)43-32-35-17-11-13-25-41(35)50-48(43)42-30-28-34-16-10-12-24-40(34)49(42)52(50)39-22-8-3-9-23-39/h1-12,14-24,26-33H,13,25H2. The van der Waals surface area contributed by atoms with Gasteiger partial charge in [-0.05, 0) is 88.0 Å². The molecule has 0 amide bonds. The highest BCUT2D eigenvalue weighted by atomic mass is 16.5. The molecule has 0 atom stereocenters. The Morgan fingerprint density at radius 2 is 1.21 bits per heavy atom. The van der Waals surface area contributed by atoms with Crippen molar-refractivity contribution in [1.29, 1.82) is 0 Å². The number of hydrogen-bond acceptors (Lipinski definition) is 1. The van der Waals surface area contributed by atoms with Crippen molar-refractivity contribution in [3.8, 4) is 28.3 Å². The van der Waals surface area contributed by atoms with E-state index in [1.807, 2.05) is 0 Å². The molecular formula is C51H35NO. The summed E-state index contributed by atoms with van der Waals surface area (Å²) in [5.41, 5.74) is 13.0. The highest BCUT2D eigenvalue weighted by molar-refractivity contribution is 6.23. The van der Waals surface area contributed by atoms with Crippen LogP contribution in [-0.2, 0) is 11.8 Å². The fourth-order valence-electron chi connectivity index (χ4n) is 9.34. The van der Waals surface area contributed by atoms with E-state index in [1.165, 1.54) is 71.6 Å². The fraction of sp³-hybridized carbons (Fsp3) is 0.0588. The smallest absolute Gasteiger partial charge is 0.132 e. The maximum Gasteiger partial charge on any atom is 0.132 e. The number of allylic oxidation sites excluding steroid dienone is 1. The van der Waals surface area contributed by atoms with Gasteiger partial charge < -0.3 is 9.30 Å². The summed E-state index contributed by atoms with van der Waals surface area (Å²) in [6, 6.07) is 64.2. The third-order valence-electron chi connectivity index (χ3n) is 11.5. The van der Waals surface area contributed by atoms with Crippen molar-refractivity contribution >= 4 is 38.7 Å². The lowest BCUT2D eigenvalue weighted by Crippen LogP contribution is -2.34. The molecule has 2 heteroatoms. The quantitative estimate of drug-likeness (QED) is 0.181. The van der Waals surface area contributed by atoms with Gasteiger partial charge in [0.05, 0.1) is 16.4 Å². The zero-order valence-corrected chi connectivity index (χ0v) is 29.2. The minimum Gasteiger partial charge on any atom is -0.457 e. The Morgan fingerprint density at radius 1 is 0.528 bits per heavy atom. The van der Waals surface area contributed by atoms with Gasteiger partial charge in [-0.3, -0.25) is 0 Å². The molecule has 0 unspecified atom stereocenters. The summed E-state index contributed by atoms with van der Waals surface area (Å²) < 4.78 is 9.36. The Balaban J connectivity index is 1.29. The van der Waals surface area contributed by atoms with Crippen LogP contribution in [0, 0.1) is 0 Å². The van der Waals surface area contributed by atoms with Crippen LogP contribution in [0.4, 0.5) is 0 Å². The van der Waals surface area contributed by atoms with Gasteiger partial charge in [0.2, 0.25) is 0 Å². The Kier molecular flexibility index (Phi) is 6.63. The first kappa shape index (κ1) is 30.0. The van der Waals surface area contributed by atoms with Gasteiger partial charge in [0.1, 0.15) is 11.5 Å². The van der Waals surface area contributed by atoms with Gasteiger partial charge in [-0.25, -0.2) is 0 Å². The van der Waals surface area contributed by atoms with Crippen LogP contribution >= 0.6 is 0 Å². The second kappa shape index (κ2) is 11.7. The van der Waals surface area contributed by atoms with Crippen molar-refractivity contribution < 1.29 is 4.74 Å². The van der Waals surface area contributed by atoms with Crippen LogP contribution in [0.2, 0.25) is 0 Å². The second-order valence-corrected chi connectivity index (χ2v) is 14.3. The van der Waals surface area contributed by atoms with Crippen LogP contribution in [0.3, 0.4) is 0 Å². The second-order valence-electron chi connectivity index (χ2n) is 14.3. The summed E-state index contributed by atoms with van der Waals surface area (Å²) in [4.78, 5) is 0. The number of nitrogens with zero attached hydrogens (tertiary/aromatic N) is 1. The third kappa shape index (κ3) is 4.33. The molecule has 0 saturated heterocycles. The van der Waals surface area contributed by atoms with Crippen molar-refractivity contribution in [2.75, 3.05) is 0 Å². The van der Waals surface area contributed by atoms with Crippen LogP contribution in [0.5, 0.6) is 11.5 Å². The summed E-state index contributed by atoms with van der Waals surface area (Å²) in [7, 11) is 0. The molecule has 0 fully saturated rings. The number of aromatic nitrogens is 1. The van der Waals surface area contributed by atoms with Crippen LogP contribution in [0.25, 0.3) is 55.5 Å². The van der Waals surface area contributed by atoms with E-state index in [-0.39, 0.29) is 0 Å². The van der Waals surface area contributed by atoms with Crippen molar-refractivity contribution in [1.82, 2.24) is 4.57 Å². The van der Waals surface area contributed by atoms with E-state index in [1.54, 1.807) is 0 Å². The first-order valence-corrected chi connectivity index (χ1v) is 18.6. The van der Waals surface area contributed by atoms with Crippen molar-refractivity contribution in [2.45, 2.75) is 18.3 Å². The minimum atomic E-state index is -0.593. The SMILES string of the molecule is C1=Cc2cc(-c3ccc4c(c3)C(c3ccccc3)(c3ccccc3)c3ccccc3O4)c3c4ccc5ccccc5c4n(-c4ccccc4)c3c2CC1. The number of rotatable bonds is 4. The number of para-hydroxylation sites is 2. The molecule has 2 aliphatic rings. The third-order valence-corrected chi connectivity index (χ3v) is 11.5. The number of fused-ring (bicyclic) bond motifs is 9. The highest BCUT2D eigenvalue weighted by Gasteiger charge is 2.45. The monoisotopic (exact) mass is 677 g/mol. The van der Waals surface area contributed by atoms with E-state index in [0.29, 0.717) is 0 Å². The topological polar surface area (TPSA) is 14.2 Å². The van der Waals surface area contributed by atoms with Gasteiger partial charge >= 0.3 is 0 Å². The molecule has 1 aliphatic heterocycles. The molecule has 1 aliphatic carbocycles. The number of benzene rings is 8. The molecule has 2 nitrogen and oxygen atoms in total. The molecule has 1 aromatic heterocycles. The predicted molar refractivity (Wildman–Crippen MR) is 219 cm³/mol. The molecule has 11 rings (SSSR count). The summed E-state index contributed by atoms with van der Waals surface area (Å²) in [5, 5.41) is 5.08. The molecule has 2 heterocycles. The lowest BCUT2D eigenvalue weighted by Gasteiger charge is -2.41. The Bertz CT molecular complexity index is 2860. The molecule has 0 spiro atoms. The summed E-state index contributed by atoms with van der Waals surface area (Å²) in [5.74, 6) is 1.77. The van der Waals surface area contributed by atoms with E-state index in [9.17, 15) is 0 Å². The average molecular weight is 678 g/mol. The Labute approximate surface area is 308 Å². The van der Waals surface area contributed by atoms with Gasteiger partial charge in [-0.1, -0.05) is 152 Å². The van der Waals surface area contributed by atoms with E-state index >= 15 is 0 Å². The molecule has 9 aromatic rings. The number of ether oxygens (including phenoxy) is 1. The molecule has 0 bridgehead atoms. The van der Waals surface area contributed by atoms with E-state index in [4.69, 9.17) is 4.74 Å². The molecular weight excluding hydrogens is 643 g/mol. The molecule has 250 valence electrons. The largest absolute Gasteiger partial charge is 0.457 e. The van der Waals surface area contributed by atoms with Gasteiger partial charge in [0.25, 0.3) is 0 Å². The van der Waals surface area contributed by atoms with E-state index < -0.39 is 5.41 Å². The predicted octanol–water partition coefficient (Wildman–Crippen LogP) is 13.1. The zero-order valence-electron chi connectivity index (χ0n) is 29.2. The van der Waals surface area contributed by atoms with Gasteiger partial charge in [0.15, 0.2) is 0 Å². The molecule has 53 heavy (non-hydrogen) atoms. The number of aryl methyl sites for hydroxylation is 1. The maximum absolute atomic E-state index is 6.81. The Hall–Kier alpha value is -6.64. The zero-order chi connectivity index (χ0) is 34.9. The van der Waals surface area contributed by atoms with Crippen LogP contribution in [0.15, 0.2) is 182 Å². The van der Waals surface area contributed by atoms with Crippen LogP contribution in [-0.4, -0.2) is 4.57 Å². The van der Waals surface area contributed by atoms with Crippen molar-refractivity contribution in [3.05, 3.63) is 215 Å². The maximum atomic E-state index is 6.81. The molecule has 8 aromatic carbocycles. The van der Waals surface area contributed by atoms with Gasteiger partial charge in [-0.15, -0.1) is 0 Å². The van der Waals surface area contributed by atoms with Crippen LogP contribution in [0.1, 0.15) is 39.8 Å². The van der Waals surface area contributed by atoms with Gasteiger partial charge in [0, 0.05) is 33.0 Å². The lowest BCUT2D eigenvalue weighted by molar-refractivity contribution is 0.434. The normalized spacial score (nSPS) is 14.1. The highest BCUT2D eigenvalue weighted by Crippen LogP contribution is 2.56. The molecule has 0 radical (unpaired) electrons. The van der Waals surface area contributed by atoms with E-state index in [2.05, 4.69) is 193 Å². The average Bonchev–Trinajstić information content (AvgIpc) is 3.59.